The molecule has 0 saturated heterocycles. The Morgan fingerprint density at radius 3 is 2.41 bits per heavy atom. The Kier molecular flexibility index (Phi) is 4.80. The highest BCUT2D eigenvalue weighted by atomic mass is 16.5. The van der Waals surface area contributed by atoms with Gasteiger partial charge in [0.1, 0.15) is 5.75 Å². The van der Waals surface area contributed by atoms with E-state index in [4.69, 9.17) is 14.9 Å². The largest absolute Gasteiger partial charge is 0.479 e. The monoisotopic (exact) mass is 239 g/mol. The molecule has 0 aliphatic heterocycles. The minimum atomic E-state index is -1.19. The number of hydrogen-bond acceptors (Lipinski definition) is 3. The molecule has 0 bridgehead atoms. The third-order valence-electron chi connectivity index (χ3n) is 1.98. The Morgan fingerprint density at radius 2 is 1.88 bits per heavy atom. The fourth-order valence-electron chi connectivity index (χ4n) is 1.21. The molecule has 0 aliphatic carbocycles. The van der Waals surface area contributed by atoms with Gasteiger partial charge in [0, 0.05) is 13.0 Å². The first-order valence-electron chi connectivity index (χ1n) is 5.01. The smallest absolute Gasteiger partial charge is 0.404 e. The fraction of sp³-hybridized carbons (Fsp3) is 0.273. The van der Waals surface area contributed by atoms with Gasteiger partial charge < -0.3 is 20.3 Å². The van der Waals surface area contributed by atoms with Gasteiger partial charge in [0.15, 0.2) is 6.10 Å². The summed E-state index contributed by atoms with van der Waals surface area (Å²) in [5, 5.41) is 19.3. The van der Waals surface area contributed by atoms with Crippen molar-refractivity contribution in [2.75, 3.05) is 6.54 Å². The Morgan fingerprint density at radius 1 is 1.24 bits per heavy atom. The van der Waals surface area contributed by atoms with Crippen LogP contribution in [0.1, 0.15) is 6.42 Å². The SMILES string of the molecule is O=C(O)NCCC(Oc1ccccc1)C(=O)O. The maximum atomic E-state index is 10.9. The lowest BCUT2D eigenvalue weighted by molar-refractivity contribution is -0.145. The van der Waals surface area contributed by atoms with Gasteiger partial charge in [0.2, 0.25) is 0 Å². The van der Waals surface area contributed by atoms with Gasteiger partial charge in [-0.25, -0.2) is 9.59 Å². The molecule has 92 valence electrons. The summed E-state index contributed by atoms with van der Waals surface area (Å²) < 4.78 is 5.23. The Balaban J connectivity index is 2.49. The van der Waals surface area contributed by atoms with E-state index < -0.39 is 18.2 Å². The lowest BCUT2D eigenvalue weighted by atomic mass is 10.2. The van der Waals surface area contributed by atoms with Crippen LogP contribution in [-0.2, 0) is 4.79 Å². The van der Waals surface area contributed by atoms with Crippen LogP contribution in [0, 0.1) is 0 Å². The first kappa shape index (κ1) is 12.8. The van der Waals surface area contributed by atoms with E-state index in [1.807, 2.05) is 0 Å². The van der Waals surface area contributed by atoms with E-state index in [9.17, 15) is 9.59 Å². The number of aliphatic carboxylic acids is 1. The molecule has 0 spiro atoms. The molecule has 1 rings (SSSR count). The summed E-state index contributed by atoms with van der Waals surface area (Å²) in [6, 6.07) is 8.52. The molecule has 0 aliphatic rings. The zero-order valence-corrected chi connectivity index (χ0v) is 9.00. The lowest BCUT2D eigenvalue weighted by Crippen LogP contribution is -2.32. The predicted molar refractivity (Wildman–Crippen MR) is 59.1 cm³/mol. The zero-order valence-electron chi connectivity index (χ0n) is 9.00. The van der Waals surface area contributed by atoms with Gasteiger partial charge >= 0.3 is 12.1 Å². The molecule has 17 heavy (non-hydrogen) atoms. The van der Waals surface area contributed by atoms with Crippen molar-refractivity contribution in [3.63, 3.8) is 0 Å². The summed E-state index contributed by atoms with van der Waals surface area (Å²) >= 11 is 0. The molecule has 0 saturated carbocycles. The van der Waals surface area contributed by atoms with Crippen LogP contribution in [0.2, 0.25) is 0 Å². The van der Waals surface area contributed by atoms with Gasteiger partial charge in [-0.05, 0) is 12.1 Å². The highest BCUT2D eigenvalue weighted by Gasteiger charge is 2.19. The van der Waals surface area contributed by atoms with Crippen molar-refractivity contribution in [1.29, 1.82) is 0 Å². The number of hydrogen-bond donors (Lipinski definition) is 3. The van der Waals surface area contributed by atoms with Crippen molar-refractivity contribution in [3.8, 4) is 5.75 Å². The number of nitrogens with one attached hydrogen (secondary N) is 1. The van der Waals surface area contributed by atoms with E-state index in [1.165, 1.54) is 0 Å². The molecule has 1 aromatic rings. The van der Waals surface area contributed by atoms with E-state index in [-0.39, 0.29) is 13.0 Å². The van der Waals surface area contributed by atoms with Crippen molar-refractivity contribution in [3.05, 3.63) is 30.3 Å². The highest BCUT2D eigenvalue weighted by molar-refractivity contribution is 5.73. The van der Waals surface area contributed by atoms with Crippen LogP contribution in [0.15, 0.2) is 30.3 Å². The van der Waals surface area contributed by atoms with E-state index >= 15 is 0 Å². The Labute approximate surface area is 97.8 Å². The van der Waals surface area contributed by atoms with Crippen molar-refractivity contribution in [2.45, 2.75) is 12.5 Å². The van der Waals surface area contributed by atoms with Crippen molar-refractivity contribution >= 4 is 12.1 Å². The number of carbonyl (C=O) groups is 2. The minimum absolute atomic E-state index is 0.0269. The van der Waals surface area contributed by atoms with Crippen molar-refractivity contribution in [2.24, 2.45) is 0 Å². The maximum absolute atomic E-state index is 10.9. The molecule has 0 radical (unpaired) electrons. The van der Waals surface area contributed by atoms with Gasteiger partial charge in [0.05, 0.1) is 0 Å². The topological polar surface area (TPSA) is 95.9 Å². The lowest BCUT2D eigenvalue weighted by Gasteiger charge is -2.14. The Bertz CT molecular complexity index is 379. The summed E-state index contributed by atoms with van der Waals surface area (Å²) in [5.74, 6) is -0.684. The van der Waals surface area contributed by atoms with Crippen molar-refractivity contribution < 1.29 is 24.5 Å². The predicted octanol–water partition coefficient (Wildman–Crippen LogP) is 1.18. The number of carboxylic acid groups (broad SMARTS) is 2. The number of para-hydroxylation sites is 1. The van der Waals surface area contributed by atoms with Crippen LogP contribution < -0.4 is 10.1 Å². The average Bonchev–Trinajstić information content (AvgIpc) is 2.28. The van der Waals surface area contributed by atoms with Crippen molar-refractivity contribution in [1.82, 2.24) is 5.32 Å². The van der Waals surface area contributed by atoms with E-state index in [0.29, 0.717) is 5.75 Å². The van der Waals surface area contributed by atoms with Crippen LogP contribution in [0.4, 0.5) is 4.79 Å². The van der Waals surface area contributed by atoms with Gasteiger partial charge in [-0.1, -0.05) is 18.2 Å². The quantitative estimate of drug-likeness (QED) is 0.692. The number of amides is 1. The summed E-state index contributed by atoms with van der Waals surface area (Å²) in [4.78, 5) is 21.1. The molecule has 0 heterocycles. The van der Waals surface area contributed by atoms with Crippen LogP contribution in [0.25, 0.3) is 0 Å². The second-order valence-corrected chi connectivity index (χ2v) is 3.28. The fourth-order valence-corrected chi connectivity index (χ4v) is 1.21. The maximum Gasteiger partial charge on any atom is 0.404 e. The molecule has 0 fully saturated rings. The highest BCUT2D eigenvalue weighted by Crippen LogP contribution is 2.12. The molecule has 6 heteroatoms. The molecule has 1 atom stereocenters. The van der Waals surface area contributed by atoms with E-state index in [0.717, 1.165) is 0 Å². The summed E-state index contributed by atoms with van der Waals surface area (Å²) in [5.41, 5.74) is 0. The first-order chi connectivity index (χ1) is 8.09. The Hall–Kier alpha value is -2.24. The standard InChI is InChI=1S/C11H13NO5/c13-10(14)9(6-7-12-11(15)16)17-8-4-2-1-3-5-8/h1-5,9,12H,6-7H2,(H,13,14)(H,15,16). The molecule has 1 amide bonds. The number of rotatable bonds is 6. The van der Waals surface area contributed by atoms with Crippen LogP contribution >= 0.6 is 0 Å². The van der Waals surface area contributed by atoms with Gasteiger partial charge in [-0.15, -0.1) is 0 Å². The van der Waals surface area contributed by atoms with Crippen LogP contribution in [0.5, 0.6) is 5.75 Å². The molecule has 1 unspecified atom stereocenters. The number of benzene rings is 1. The molecule has 6 nitrogen and oxygen atoms in total. The summed E-state index contributed by atoms with van der Waals surface area (Å²) in [6.07, 6.45) is -2.19. The molecule has 1 aromatic carbocycles. The van der Waals surface area contributed by atoms with Gasteiger partial charge in [-0.3, -0.25) is 0 Å². The first-order valence-corrected chi connectivity index (χ1v) is 5.01. The molecular weight excluding hydrogens is 226 g/mol. The summed E-state index contributed by atoms with van der Waals surface area (Å²) in [6.45, 7) is 0.0269. The van der Waals surface area contributed by atoms with E-state index in [1.54, 1.807) is 30.3 Å². The second-order valence-electron chi connectivity index (χ2n) is 3.28. The van der Waals surface area contributed by atoms with Crippen LogP contribution in [0.3, 0.4) is 0 Å². The van der Waals surface area contributed by atoms with Crippen LogP contribution in [-0.4, -0.2) is 34.9 Å². The van der Waals surface area contributed by atoms with E-state index in [2.05, 4.69) is 5.32 Å². The normalized spacial score (nSPS) is 11.5. The zero-order chi connectivity index (χ0) is 12.7. The number of carboxylic acids is 1. The third-order valence-corrected chi connectivity index (χ3v) is 1.98. The third kappa shape index (κ3) is 4.87. The second kappa shape index (κ2) is 6.37. The number of ether oxygens (including phenoxy) is 1. The molecule has 3 N–H and O–H groups in total. The van der Waals surface area contributed by atoms with Gasteiger partial charge in [-0.2, -0.15) is 0 Å². The average molecular weight is 239 g/mol. The van der Waals surface area contributed by atoms with Gasteiger partial charge in [0.25, 0.3) is 0 Å². The molecule has 0 aromatic heterocycles. The molecular formula is C11H13NO5. The summed E-state index contributed by atoms with van der Waals surface area (Å²) in [7, 11) is 0. The minimum Gasteiger partial charge on any atom is -0.479 e.